The Labute approximate surface area is 180 Å². The Hall–Kier alpha value is -4.13. The van der Waals surface area contributed by atoms with E-state index < -0.39 is 0 Å². The molecule has 0 aliphatic rings. The number of carbonyl (C=O) groups is 2. The summed E-state index contributed by atoms with van der Waals surface area (Å²) >= 11 is 0. The number of hydrogen-bond donors (Lipinski definition) is 2. The zero-order valence-corrected chi connectivity index (χ0v) is 17.3. The molecule has 7 nitrogen and oxygen atoms in total. The van der Waals surface area contributed by atoms with Gasteiger partial charge in [0.05, 0.1) is 14.2 Å². The van der Waals surface area contributed by atoms with Crippen molar-refractivity contribution < 1.29 is 19.1 Å². The van der Waals surface area contributed by atoms with Crippen LogP contribution in [0.3, 0.4) is 0 Å². The van der Waals surface area contributed by atoms with E-state index in [0.29, 0.717) is 34.7 Å². The Morgan fingerprint density at radius 2 is 1.52 bits per heavy atom. The fourth-order valence-corrected chi connectivity index (χ4v) is 2.82. The van der Waals surface area contributed by atoms with Crippen LogP contribution in [0.2, 0.25) is 0 Å². The summed E-state index contributed by atoms with van der Waals surface area (Å²) in [4.78, 5) is 24.7. The van der Waals surface area contributed by atoms with Gasteiger partial charge in [-0.05, 0) is 48.0 Å². The molecule has 31 heavy (non-hydrogen) atoms. The summed E-state index contributed by atoms with van der Waals surface area (Å²) in [5, 5.41) is 6.75. The molecule has 7 heteroatoms. The lowest BCUT2D eigenvalue weighted by atomic mass is 10.1. The number of hydrazone groups is 1. The highest BCUT2D eigenvalue weighted by atomic mass is 16.5. The maximum atomic E-state index is 12.5. The van der Waals surface area contributed by atoms with Crippen molar-refractivity contribution in [3.8, 4) is 11.5 Å². The van der Waals surface area contributed by atoms with Gasteiger partial charge in [0, 0.05) is 29.4 Å². The molecule has 0 unspecified atom stereocenters. The van der Waals surface area contributed by atoms with Crippen LogP contribution in [0.1, 0.15) is 26.3 Å². The molecule has 3 aromatic carbocycles. The molecule has 0 aliphatic carbocycles. The van der Waals surface area contributed by atoms with E-state index >= 15 is 0 Å². The maximum Gasteiger partial charge on any atom is 0.271 e. The molecule has 0 spiro atoms. The van der Waals surface area contributed by atoms with Crippen LogP contribution in [-0.4, -0.2) is 32.2 Å². The van der Waals surface area contributed by atoms with Gasteiger partial charge in [-0.2, -0.15) is 5.10 Å². The van der Waals surface area contributed by atoms with Crippen molar-refractivity contribution in [2.75, 3.05) is 19.5 Å². The van der Waals surface area contributed by atoms with Gasteiger partial charge in [-0.15, -0.1) is 0 Å². The smallest absolute Gasteiger partial charge is 0.271 e. The molecular formula is C24H23N3O4. The number of hydrogen-bond acceptors (Lipinski definition) is 5. The van der Waals surface area contributed by atoms with E-state index in [4.69, 9.17) is 9.47 Å². The Bertz CT molecular complexity index is 1060. The van der Waals surface area contributed by atoms with Gasteiger partial charge in [-0.25, -0.2) is 5.43 Å². The standard InChI is InChI=1S/C24H23N3O4/c1-30-21-13-10-19(16-22(21)31-2)23(28)26-20-11-8-18(9-12-20)24(29)27-25-15-14-17-6-4-3-5-7-17/h3-13,15-16H,14H2,1-2H3,(H,26,28)(H,27,29)/b25-15+. The summed E-state index contributed by atoms with van der Waals surface area (Å²) in [6.07, 6.45) is 2.27. The molecule has 0 aliphatic heterocycles. The van der Waals surface area contributed by atoms with E-state index in [1.165, 1.54) is 14.2 Å². The summed E-state index contributed by atoms with van der Waals surface area (Å²) in [6, 6.07) is 21.3. The molecule has 0 saturated carbocycles. The third kappa shape index (κ3) is 5.93. The van der Waals surface area contributed by atoms with Crippen LogP contribution in [0.5, 0.6) is 11.5 Å². The molecular weight excluding hydrogens is 394 g/mol. The van der Waals surface area contributed by atoms with E-state index in [0.717, 1.165) is 5.56 Å². The molecule has 0 atom stereocenters. The van der Waals surface area contributed by atoms with E-state index in [9.17, 15) is 9.59 Å². The van der Waals surface area contributed by atoms with Gasteiger partial charge in [-0.3, -0.25) is 9.59 Å². The molecule has 3 aromatic rings. The van der Waals surface area contributed by atoms with Gasteiger partial charge in [0.1, 0.15) is 0 Å². The fraction of sp³-hybridized carbons (Fsp3) is 0.125. The summed E-state index contributed by atoms with van der Waals surface area (Å²) in [6.45, 7) is 0. The summed E-state index contributed by atoms with van der Waals surface area (Å²) in [7, 11) is 3.04. The molecule has 0 bridgehead atoms. The SMILES string of the molecule is COc1ccc(C(=O)Nc2ccc(C(=O)N/N=C/Cc3ccccc3)cc2)cc1OC. The zero-order valence-electron chi connectivity index (χ0n) is 17.3. The quantitative estimate of drug-likeness (QED) is 0.430. The minimum Gasteiger partial charge on any atom is -0.493 e. The lowest BCUT2D eigenvalue weighted by Gasteiger charge is -2.10. The number of nitrogens with zero attached hydrogens (tertiary/aromatic N) is 1. The van der Waals surface area contributed by atoms with Gasteiger partial charge >= 0.3 is 0 Å². The number of nitrogens with one attached hydrogen (secondary N) is 2. The molecule has 0 heterocycles. The van der Waals surface area contributed by atoms with Gasteiger partial charge in [0.2, 0.25) is 0 Å². The minimum absolute atomic E-state index is 0.302. The van der Waals surface area contributed by atoms with Crippen LogP contribution in [0, 0.1) is 0 Å². The largest absolute Gasteiger partial charge is 0.493 e. The number of benzene rings is 3. The number of methoxy groups -OCH3 is 2. The van der Waals surface area contributed by atoms with Crippen LogP contribution < -0.4 is 20.2 Å². The molecule has 0 saturated heterocycles. The van der Waals surface area contributed by atoms with Crippen LogP contribution in [0.15, 0.2) is 77.9 Å². The van der Waals surface area contributed by atoms with Crippen molar-refractivity contribution in [2.24, 2.45) is 5.10 Å². The molecule has 0 radical (unpaired) electrons. The summed E-state index contributed by atoms with van der Waals surface area (Å²) < 4.78 is 10.4. The van der Waals surface area contributed by atoms with Crippen molar-refractivity contribution in [3.63, 3.8) is 0 Å². The second-order valence-corrected chi connectivity index (χ2v) is 6.54. The van der Waals surface area contributed by atoms with Gasteiger partial charge < -0.3 is 14.8 Å². The summed E-state index contributed by atoms with van der Waals surface area (Å²) in [5.74, 6) is 0.376. The van der Waals surface area contributed by atoms with Gasteiger partial charge in [0.15, 0.2) is 11.5 Å². The molecule has 0 aromatic heterocycles. The van der Waals surface area contributed by atoms with Crippen LogP contribution in [-0.2, 0) is 6.42 Å². The first-order valence-electron chi connectivity index (χ1n) is 9.60. The highest BCUT2D eigenvalue weighted by Gasteiger charge is 2.11. The second kappa shape index (κ2) is 10.6. The molecule has 0 fully saturated rings. The molecule has 3 rings (SSSR count). The monoisotopic (exact) mass is 417 g/mol. The van der Waals surface area contributed by atoms with E-state index in [1.807, 2.05) is 30.3 Å². The first-order chi connectivity index (χ1) is 15.1. The van der Waals surface area contributed by atoms with E-state index in [1.54, 1.807) is 48.7 Å². The highest BCUT2D eigenvalue weighted by molar-refractivity contribution is 6.05. The lowest BCUT2D eigenvalue weighted by Crippen LogP contribution is -2.18. The first-order valence-corrected chi connectivity index (χ1v) is 9.60. The molecule has 2 amide bonds. The maximum absolute atomic E-state index is 12.5. The van der Waals surface area contributed by atoms with Crippen molar-refractivity contribution in [3.05, 3.63) is 89.5 Å². The topological polar surface area (TPSA) is 89.0 Å². The van der Waals surface area contributed by atoms with Crippen molar-refractivity contribution in [1.82, 2.24) is 5.43 Å². The summed E-state index contributed by atoms with van der Waals surface area (Å²) in [5.41, 5.74) is 5.02. The van der Waals surface area contributed by atoms with Crippen molar-refractivity contribution >= 4 is 23.7 Å². The number of anilines is 1. The zero-order chi connectivity index (χ0) is 22.1. The first kappa shape index (κ1) is 21.6. The van der Waals surface area contributed by atoms with E-state index in [-0.39, 0.29) is 11.8 Å². The van der Waals surface area contributed by atoms with Crippen LogP contribution >= 0.6 is 0 Å². The van der Waals surface area contributed by atoms with E-state index in [2.05, 4.69) is 15.8 Å². The average molecular weight is 417 g/mol. The van der Waals surface area contributed by atoms with Gasteiger partial charge in [0.25, 0.3) is 11.8 Å². The Balaban J connectivity index is 1.55. The fourth-order valence-electron chi connectivity index (χ4n) is 2.82. The second-order valence-electron chi connectivity index (χ2n) is 6.54. The number of carbonyl (C=O) groups excluding carboxylic acids is 2. The van der Waals surface area contributed by atoms with Crippen LogP contribution in [0.25, 0.3) is 0 Å². The third-order valence-electron chi connectivity index (χ3n) is 4.48. The van der Waals surface area contributed by atoms with Crippen LogP contribution in [0.4, 0.5) is 5.69 Å². The number of amides is 2. The number of rotatable bonds is 8. The minimum atomic E-state index is -0.331. The normalized spacial score (nSPS) is 10.5. The molecule has 158 valence electrons. The van der Waals surface area contributed by atoms with Crippen molar-refractivity contribution in [2.45, 2.75) is 6.42 Å². The predicted octanol–water partition coefficient (Wildman–Crippen LogP) is 3.91. The Morgan fingerprint density at radius 1 is 0.839 bits per heavy atom. The average Bonchev–Trinajstić information content (AvgIpc) is 2.82. The highest BCUT2D eigenvalue weighted by Crippen LogP contribution is 2.27. The lowest BCUT2D eigenvalue weighted by molar-refractivity contribution is 0.0954. The Morgan fingerprint density at radius 3 is 2.19 bits per heavy atom. The molecule has 2 N–H and O–H groups in total. The van der Waals surface area contributed by atoms with Crippen molar-refractivity contribution in [1.29, 1.82) is 0 Å². The predicted molar refractivity (Wildman–Crippen MR) is 120 cm³/mol. The van der Waals surface area contributed by atoms with Gasteiger partial charge in [-0.1, -0.05) is 30.3 Å². The Kier molecular flexibility index (Phi) is 7.37. The number of ether oxygens (including phenoxy) is 2. The third-order valence-corrected chi connectivity index (χ3v) is 4.48.